The molecular weight excluding hydrogens is 296 g/mol. The number of pyridine rings is 1. The van der Waals surface area contributed by atoms with Crippen LogP contribution in [0.4, 0.5) is 0 Å². The van der Waals surface area contributed by atoms with Gasteiger partial charge in [0, 0.05) is 29.9 Å². The van der Waals surface area contributed by atoms with Gasteiger partial charge in [-0.2, -0.15) is 0 Å². The summed E-state index contributed by atoms with van der Waals surface area (Å²) >= 11 is 0. The van der Waals surface area contributed by atoms with E-state index in [0.29, 0.717) is 6.61 Å². The first-order valence-electron chi connectivity index (χ1n) is 8.04. The van der Waals surface area contributed by atoms with Gasteiger partial charge in [0.25, 0.3) is 0 Å². The highest BCUT2D eigenvalue weighted by Crippen LogP contribution is 2.12. The minimum absolute atomic E-state index is 0.541. The van der Waals surface area contributed by atoms with Gasteiger partial charge >= 0.3 is 0 Å². The van der Waals surface area contributed by atoms with E-state index in [1.54, 1.807) is 12.4 Å². The first-order chi connectivity index (χ1) is 11.8. The Morgan fingerprint density at radius 1 is 0.917 bits per heavy atom. The van der Waals surface area contributed by atoms with Crippen molar-refractivity contribution < 1.29 is 4.84 Å². The van der Waals surface area contributed by atoms with Crippen molar-refractivity contribution in [1.82, 2.24) is 4.98 Å². The van der Waals surface area contributed by atoms with Gasteiger partial charge in [0.05, 0.1) is 0 Å². The number of aryl methyl sites for hydroxylation is 1. The highest BCUT2D eigenvalue weighted by molar-refractivity contribution is 6.12. The lowest BCUT2D eigenvalue weighted by molar-refractivity contribution is 0.148. The number of hydrogen-bond donors (Lipinski definition) is 0. The largest absolute Gasteiger partial charge is 0.395 e. The zero-order valence-corrected chi connectivity index (χ0v) is 13.7. The fraction of sp³-hybridized carbons (Fsp3) is 0.143. The maximum atomic E-state index is 5.60. The standard InChI is InChI=1S/C21H20N2O/c1-17-9-11-19(12-10-17)21(20-8-5-14-22-16-20)23-24-15-13-18-6-3-2-4-7-18/h2-12,14,16H,13,15H2,1H3. The zero-order valence-electron chi connectivity index (χ0n) is 13.7. The third-order valence-corrected chi connectivity index (χ3v) is 3.74. The van der Waals surface area contributed by atoms with Gasteiger partial charge in [0.1, 0.15) is 12.3 Å². The minimum atomic E-state index is 0.541. The Morgan fingerprint density at radius 2 is 1.71 bits per heavy atom. The van der Waals surface area contributed by atoms with E-state index in [0.717, 1.165) is 23.3 Å². The molecule has 0 bridgehead atoms. The van der Waals surface area contributed by atoms with Crippen LogP contribution in [0.1, 0.15) is 22.3 Å². The lowest BCUT2D eigenvalue weighted by atomic mass is 10.0. The molecule has 3 aromatic rings. The molecule has 0 aliphatic carbocycles. The topological polar surface area (TPSA) is 34.5 Å². The van der Waals surface area contributed by atoms with Crippen molar-refractivity contribution in [3.05, 3.63) is 101 Å². The van der Waals surface area contributed by atoms with Crippen LogP contribution in [-0.2, 0) is 11.3 Å². The summed E-state index contributed by atoms with van der Waals surface area (Å²) in [5, 5.41) is 4.39. The fourth-order valence-electron chi connectivity index (χ4n) is 2.40. The second kappa shape index (κ2) is 8.06. The van der Waals surface area contributed by atoms with Crippen LogP contribution in [-0.4, -0.2) is 17.3 Å². The summed E-state index contributed by atoms with van der Waals surface area (Å²) in [6, 6.07) is 22.4. The molecule has 0 fully saturated rings. The molecule has 0 amide bonds. The first-order valence-corrected chi connectivity index (χ1v) is 8.04. The van der Waals surface area contributed by atoms with Crippen LogP contribution in [0.5, 0.6) is 0 Å². The minimum Gasteiger partial charge on any atom is -0.395 e. The molecule has 0 saturated heterocycles. The van der Waals surface area contributed by atoms with E-state index < -0.39 is 0 Å². The molecule has 0 saturated carbocycles. The van der Waals surface area contributed by atoms with Crippen molar-refractivity contribution in [2.45, 2.75) is 13.3 Å². The first kappa shape index (κ1) is 15.9. The average molecular weight is 316 g/mol. The lowest BCUT2D eigenvalue weighted by Crippen LogP contribution is -2.06. The Morgan fingerprint density at radius 3 is 2.42 bits per heavy atom. The Bertz CT molecular complexity index is 781. The molecular formula is C21H20N2O. The van der Waals surface area contributed by atoms with E-state index in [1.165, 1.54) is 11.1 Å². The Labute approximate surface area is 142 Å². The quantitative estimate of drug-likeness (QED) is 0.384. The SMILES string of the molecule is Cc1ccc(C(=NOCCc2ccccc2)c2cccnc2)cc1. The molecule has 3 heteroatoms. The molecule has 24 heavy (non-hydrogen) atoms. The van der Waals surface area contributed by atoms with Gasteiger partial charge in [-0.1, -0.05) is 65.3 Å². The van der Waals surface area contributed by atoms with Gasteiger partial charge in [-0.15, -0.1) is 0 Å². The molecule has 2 aromatic carbocycles. The van der Waals surface area contributed by atoms with Gasteiger partial charge in [0.15, 0.2) is 0 Å². The van der Waals surface area contributed by atoms with Crippen molar-refractivity contribution in [3.63, 3.8) is 0 Å². The van der Waals surface area contributed by atoms with Gasteiger partial charge in [-0.3, -0.25) is 4.98 Å². The Balaban J connectivity index is 1.75. The molecule has 1 aromatic heterocycles. The number of hydrogen-bond acceptors (Lipinski definition) is 3. The van der Waals surface area contributed by atoms with Crippen molar-refractivity contribution in [2.75, 3.05) is 6.61 Å². The molecule has 0 aliphatic heterocycles. The van der Waals surface area contributed by atoms with Gasteiger partial charge in [-0.25, -0.2) is 0 Å². The number of nitrogens with zero attached hydrogens (tertiary/aromatic N) is 2. The maximum absolute atomic E-state index is 5.60. The van der Waals surface area contributed by atoms with Crippen LogP contribution >= 0.6 is 0 Å². The number of rotatable bonds is 6. The van der Waals surface area contributed by atoms with Crippen LogP contribution in [0.15, 0.2) is 84.3 Å². The normalized spacial score (nSPS) is 11.3. The van der Waals surface area contributed by atoms with E-state index in [1.807, 2.05) is 30.3 Å². The smallest absolute Gasteiger partial charge is 0.121 e. The number of oxime groups is 1. The summed E-state index contributed by atoms with van der Waals surface area (Å²) in [5.74, 6) is 0. The van der Waals surface area contributed by atoms with E-state index in [9.17, 15) is 0 Å². The third-order valence-electron chi connectivity index (χ3n) is 3.74. The summed E-state index contributed by atoms with van der Waals surface area (Å²) in [6.45, 7) is 2.61. The van der Waals surface area contributed by atoms with E-state index in [-0.39, 0.29) is 0 Å². The number of benzene rings is 2. The maximum Gasteiger partial charge on any atom is 0.121 e. The molecule has 120 valence electrons. The second-order valence-corrected chi connectivity index (χ2v) is 5.62. The van der Waals surface area contributed by atoms with Crippen molar-refractivity contribution in [1.29, 1.82) is 0 Å². The number of aromatic nitrogens is 1. The molecule has 0 unspecified atom stereocenters. The molecule has 0 N–H and O–H groups in total. The summed E-state index contributed by atoms with van der Waals surface area (Å²) in [7, 11) is 0. The van der Waals surface area contributed by atoms with E-state index in [4.69, 9.17) is 4.84 Å². The summed E-state index contributed by atoms with van der Waals surface area (Å²) in [5.41, 5.74) is 5.23. The van der Waals surface area contributed by atoms with Crippen LogP contribution < -0.4 is 0 Å². The molecule has 3 nitrogen and oxygen atoms in total. The highest BCUT2D eigenvalue weighted by atomic mass is 16.6. The lowest BCUT2D eigenvalue weighted by Gasteiger charge is -2.08. The summed E-state index contributed by atoms with van der Waals surface area (Å²) in [4.78, 5) is 9.79. The Kier molecular flexibility index (Phi) is 5.36. The van der Waals surface area contributed by atoms with Crippen LogP contribution in [0.25, 0.3) is 0 Å². The summed E-state index contributed by atoms with van der Waals surface area (Å²) in [6.07, 6.45) is 4.39. The molecule has 0 atom stereocenters. The van der Waals surface area contributed by atoms with Crippen molar-refractivity contribution in [2.24, 2.45) is 5.16 Å². The molecule has 0 spiro atoms. The predicted octanol–water partition coefficient (Wildman–Crippen LogP) is 4.40. The van der Waals surface area contributed by atoms with Crippen LogP contribution in [0.3, 0.4) is 0 Å². The fourth-order valence-corrected chi connectivity index (χ4v) is 2.40. The zero-order chi connectivity index (χ0) is 16.6. The highest BCUT2D eigenvalue weighted by Gasteiger charge is 2.08. The molecule has 0 radical (unpaired) electrons. The van der Waals surface area contributed by atoms with Crippen LogP contribution in [0, 0.1) is 6.92 Å². The van der Waals surface area contributed by atoms with E-state index in [2.05, 4.69) is 53.5 Å². The monoisotopic (exact) mass is 316 g/mol. The van der Waals surface area contributed by atoms with Crippen molar-refractivity contribution in [3.8, 4) is 0 Å². The summed E-state index contributed by atoms with van der Waals surface area (Å²) < 4.78 is 0. The van der Waals surface area contributed by atoms with E-state index >= 15 is 0 Å². The third kappa shape index (κ3) is 4.29. The van der Waals surface area contributed by atoms with Gasteiger partial charge in [-0.05, 0) is 24.6 Å². The average Bonchev–Trinajstić information content (AvgIpc) is 2.64. The molecule has 3 rings (SSSR count). The van der Waals surface area contributed by atoms with Crippen molar-refractivity contribution >= 4 is 5.71 Å². The second-order valence-electron chi connectivity index (χ2n) is 5.62. The van der Waals surface area contributed by atoms with Gasteiger partial charge in [0.2, 0.25) is 0 Å². The molecule has 0 aliphatic rings. The Hall–Kier alpha value is -2.94. The predicted molar refractivity (Wildman–Crippen MR) is 97.2 cm³/mol. The van der Waals surface area contributed by atoms with Gasteiger partial charge < -0.3 is 4.84 Å². The molecule has 1 heterocycles. The van der Waals surface area contributed by atoms with Crippen LogP contribution in [0.2, 0.25) is 0 Å².